The Morgan fingerprint density at radius 3 is 2.29 bits per heavy atom. The molecule has 0 fully saturated rings. The van der Waals surface area contributed by atoms with Crippen molar-refractivity contribution in [1.29, 1.82) is 0 Å². The van der Waals surface area contributed by atoms with Crippen LogP contribution in [-0.2, 0) is 17.8 Å². The van der Waals surface area contributed by atoms with E-state index in [2.05, 4.69) is 6.92 Å². The van der Waals surface area contributed by atoms with Crippen molar-refractivity contribution in [2.24, 2.45) is 0 Å². The number of carbonyl (C=O) groups excluding carboxylic acids is 2. The molecule has 4 nitrogen and oxygen atoms in total. The minimum atomic E-state index is -0.114. The van der Waals surface area contributed by atoms with Crippen LogP contribution in [0.5, 0.6) is 5.75 Å². The van der Waals surface area contributed by atoms with Gasteiger partial charge in [0.05, 0.1) is 0 Å². The lowest BCUT2D eigenvalue weighted by molar-refractivity contribution is -0.130. The van der Waals surface area contributed by atoms with E-state index in [1.165, 1.54) is 10.5 Å². The molecule has 0 aliphatic rings. The highest BCUT2D eigenvalue weighted by Gasteiger charge is 2.14. The Hall–Kier alpha value is -2.62. The molecule has 2 aromatic carbocycles. The van der Waals surface area contributed by atoms with Gasteiger partial charge in [-0.05, 0) is 18.1 Å². The molecule has 4 heteroatoms. The molecular weight excluding hydrogens is 302 g/mol. The predicted octanol–water partition coefficient (Wildman–Crippen LogP) is 3.58. The first kappa shape index (κ1) is 17.7. The zero-order valence-electron chi connectivity index (χ0n) is 14.2. The van der Waals surface area contributed by atoms with Gasteiger partial charge in [0.2, 0.25) is 5.91 Å². The second-order valence-corrected chi connectivity index (χ2v) is 5.85. The molecule has 2 rings (SSSR count). The molecule has 0 unspecified atom stereocenters. The summed E-state index contributed by atoms with van der Waals surface area (Å²) in [6.07, 6.45) is 1.29. The first-order valence-corrected chi connectivity index (χ1v) is 8.14. The van der Waals surface area contributed by atoms with Gasteiger partial charge in [0.15, 0.2) is 5.78 Å². The van der Waals surface area contributed by atoms with Gasteiger partial charge in [-0.15, -0.1) is 0 Å². The lowest BCUT2D eigenvalue weighted by Crippen LogP contribution is -2.26. The van der Waals surface area contributed by atoms with Crippen LogP contribution in [0, 0.1) is 0 Å². The number of Topliss-reactive ketones (excluding diaryl/α,β-unsaturated/α-hetero) is 1. The van der Waals surface area contributed by atoms with Crippen LogP contribution in [0.2, 0.25) is 0 Å². The summed E-state index contributed by atoms with van der Waals surface area (Å²) in [6.45, 7) is 2.39. The van der Waals surface area contributed by atoms with Crippen molar-refractivity contribution >= 4 is 11.7 Å². The molecule has 0 atom stereocenters. The van der Waals surface area contributed by atoms with E-state index in [1.807, 2.05) is 30.3 Å². The Balaban J connectivity index is 1.87. The van der Waals surface area contributed by atoms with Crippen LogP contribution in [0.1, 0.15) is 41.3 Å². The molecule has 0 aromatic heterocycles. The van der Waals surface area contributed by atoms with Crippen LogP contribution in [0.4, 0.5) is 0 Å². The quantitative estimate of drug-likeness (QED) is 0.792. The van der Waals surface area contributed by atoms with Gasteiger partial charge in [0.25, 0.3) is 0 Å². The number of para-hydroxylation sites is 1. The molecule has 0 bridgehead atoms. The average Bonchev–Trinajstić information content (AvgIpc) is 2.61. The van der Waals surface area contributed by atoms with Gasteiger partial charge in [-0.25, -0.2) is 0 Å². The first-order valence-electron chi connectivity index (χ1n) is 8.14. The molecule has 0 saturated carbocycles. The van der Waals surface area contributed by atoms with Crippen molar-refractivity contribution in [3.63, 3.8) is 0 Å². The van der Waals surface area contributed by atoms with E-state index in [0.29, 0.717) is 17.7 Å². The molecular formula is C20H23NO3. The molecule has 24 heavy (non-hydrogen) atoms. The van der Waals surface area contributed by atoms with Crippen LogP contribution in [-0.4, -0.2) is 28.7 Å². The van der Waals surface area contributed by atoms with Crippen LogP contribution in [0.3, 0.4) is 0 Å². The maximum absolute atomic E-state index is 12.2. The van der Waals surface area contributed by atoms with Crippen LogP contribution < -0.4 is 0 Å². The summed E-state index contributed by atoms with van der Waals surface area (Å²) in [7, 11) is 1.68. The minimum Gasteiger partial charge on any atom is -0.508 e. The topological polar surface area (TPSA) is 57.6 Å². The molecule has 126 valence electrons. The molecule has 0 saturated heterocycles. The van der Waals surface area contributed by atoms with Gasteiger partial charge in [0, 0.05) is 37.6 Å². The van der Waals surface area contributed by atoms with Crippen molar-refractivity contribution in [1.82, 2.24) is 4.90 Å². The smallest absolute Gasteiger partial charge is 0.223 e. The van der Waals surface area contributed by atoms with Crippen molar-refractivity contribution in [2.45, 2.75) is 32.7 Å². The summed E-state index contributed by atoms with van der Waals surface area (Å²) in [5, 5.41) is 9.76. The highest BCUT2D eigenvalue weighted by atomic mass is 16.3. The van der Waals surface area contributed by atoms with E-state index in [4.69, 9.17) is 0 Å². The van der Waals surface area contributed by atoms with Crippen LogP contribution in [0.25, 0.3) is 0 Å². The van der Waals surface area contributed by atoms with Crippen molar-refractivity contribution < 1.29 is 14.7 Å². The fraction of sp³-hybridized carbons (Fsp3) is 0.300. The zero-order valence-corrected chi connectivity index (χ0v) is 14.2. The summed E-state index contributed by atoms with van der Waals surface area (Å²) >= 11 is 0. The maximum atomic E-state index is 12.2. The second kappa shape index (κ2) is 8.29. The third-order valence-corrected chi connectivity index (χ3v) is 4.07. The standard InChI is InChI=1S/C20H23NO3/c1-3-15-8-10-16(11-9-15)19(23)12-13-20(24)21(2)14-17-6-4-5-7-18(17)22/h4-11,22H,3,12-14H2,1-2H3. The molecule has 0 aliphatic heterocycles. The molecule has 1 N–H and O–H groups in total. The van der Waals surface area contributed by atoms with Gasteiger partial charge in [-0.3, -0.25) is 9.59 Å². The van der Waals surface area contributed by atoms with E-state index in [-0.39, 0.29) is 30.3 Å². The van der Waals surface area contributed by atoms with Crippen LogP contribution in [0.15, 0.2) is 48.5 Å². The predicted molar refractivity (Wildman–Crippen MR) is 94.0 cm³/mol. The number of ketones is 1. The fourth-order valence-corrected chi connectivity index (χ4v) is 2.47. The summed E-state index contributed by atoms with van der Waals surface area (Å²) in [4.78, 5) is 25.9. The van der Waals surface area contributed by atoms with Gasteiger partial charge in [-0.1, -0.05) is 49.4 Å². The Bertz CT molecular complexity index is 707. The highest BCUT2D eigenvalue weighted by molar-refractivity contribution is 5.97. The summed E-state index contributed by atoms with van der Waals surface area (Å²) in [6, 6.07) is 14.4. The number of rotatable bonds is 7. The van der Waals surface area contributed by atoms with E-state index in [0.717, 1.165) is 6.42 Å². The number of nitrogens with zero attached hydrogens (tertiary/aromatic N) is 1. The van der Waals surface area contributed by atoms with Gasteiger partial charge in [-0.2, -0.15) is 0 Å². The van der Waals surface area contributed by atoms with Crippen LogP contribution >= 0.6 is 0 Å². The second-order valence-electron chi connectivity index (χ2n) is 5.85. The number of aryl methyl sites for hydroxylation is 1. The normalized spacial score (nSPS) is 10.4. The molecule has 1 amide bonds. The molecule has 0 radical (unpaired) electrons. The highest BCUT2D eigenvalue weighted by Crippen LogP contribution is 2.18. The Kier molecular flexibility index (Phi) is 6.13. The van der Waals surface area contributed by atoms with Gasteiger partial charge >= 0.3 is 0 Å². The molecule has 0 heterocycles. The van der Waals surface area contributed by atoms with Crippen molar-refractivity contribution in [3.05, 3.63) is 65.2 Å². The summed E-state index contributed by atoms with van der Waals surface area (Å²) < 4.78 is 0. The zero-order chi connectivity index (χ0) is 17.5. The van der Waals surface area contributed by atoms with E-state index < -0.39 is 0 Å². The third-order valence-electron chi connectivity index (χ3n) is 4.07. The van der Waals surface area contributed by atoms with E-state index >= 15 is 0 Å². The third kappa shape index (κ3) is 4.69. The molecule has 0 spiro atoms. The number of hydrogen-bond acceptors (Lipinski definition) is 3. The lowest BCUT2D eigenvalue weighted by Gasteiger charge is -2.17. The van der Waals surface area contributed by atoms with Crippen molar-refractivity contribution in [3.8, 4) is 5.75 Å². The number of carbonyl (C=O) groups is 2. The van der Waals surface area contributed by atoms with E-state index in [1.54, 1.807) is 25.2 Å². The van der Waals surface area contributed by atoms with Crippen molar-refractivity contribution in [2.75, 3.05) is 7.05 Å². The number of phenols is 1. The number of hydrogen-bond donors (Lipinski definition) is 1. The van der Waals surface area contributed by atoms with Gasteiger partial charge in [0.1, 0.15) is 5.75 Å². The Labute approximate surface area is 142 Å². The number of benzene rings is 2. The van der Waals surface area contributed by atoms with E-state index in [9.17, 15) is 14.7 Å². The summed E-state index contributed by atoms with van der Waals surface area (Å²) in [5.74, 6) is 0.0305. The number of amides is 1. The first-order chi connectivity index (χ1) is 11.5. The maximum Gasteiger partial charge on any atom is 0.223 e. The monoisotopic (exact) mass is 325 g/mol. The summed E-state index contributed by atoms with van der Waals surface area (Å²) in [5.41, 5.74) is 2.52. The SMILES string of the molecule is CCc1ccc(C(=O)CCC(=O)N(C)Cc2ccccc2O)cc1. The molecule has 2 aromatic rings. The Morgan fingerprint density at radius 1 is 1.00 bits per heavy atom. The molecule has 0 aliphatic carbocycles. The average molecular weight is 325 g/mol. The lowest BCUT2D eigenvalue weighted by atomic mass is 10.0. The number of aromatic hydroxyl groups is 1. The Morgan fingerprint density at radius 2 is 1.67 bits per heavy atom. The minimum absolute atomic E-state index is 0.0260. The fourth-order valence-electron chi connectivity index (χ4n) is 2.47. The van der Waals surface area contributed by atoms with Gasteiger partial charge < -0.3 is 10.0 Å². The number of phenolic OH excluding ortho intramolecular Hbond substituents is 1. The largest absolute Gasteiger partial charge is 0.508 e.